The first kappa shape index (κ1) is 16.6. The predicted molar refractivity (Wildman–Crippen MR) is 102 cm³/mol. The normalized spacial score (nSPS) is 11.9. The largest absolute Gasteiger partial charge is 0.236 e. The van der Waals surface area contributed by atoms with E-state index in [0.717, 1.165) is 22.2 Å². The summed E-state index contributed by atoms with van der Waals surface area (Å²) in [5.41, 5.74) is 5.50. The number of fused-ring (bicyclic) bond motifs is 2. The minimum absolute atomic E-state index is 0.418. The van der Waals surface area contributed by atoms with Gasteiger partial charge in [-0.25, -0.2) is 15.0 Å². The quantitative estimate of drug-likeness (QED) is 0.557. The molecule has 4 aromatic rings. The molecule has 0 bridgehead atoms. The monoisotopic (exact) mass is 346 g/mol. The number of aromatic nitrogens is 6. The van der Waals surface area contributed by atoms with E-state index in [1.807, 2.05) is 18.5 Å². The molecule has 6 heteroatoms. The molecule has 4 rings (SSSR count). The fourth-order valence-electron chi connectivity index (χ4n) is 2.87. The van der Waals surface area contributed by atoms with Crippen LogP contribution < -0.4 is 0 Å². The van der Waals surface area contributed by atoms with Crippen molar-refractivity contribution in [2.45, 2.75) is 46.1 Å². The highest BCUT2D eigenvalue weighted by molar-refractivity contribution is 5.75. The van der Waals surface area contributed by atoms with Crippen LogP contribution in [0.5, 0.6) is 0 Å². The van der Waals surface area contributed by atoms with Crippen LogP contribution in [0.25, 0.3) is 22.2 Å². The van der Waals surface area contributed by atoms with Crippen molar-refractivity contribution < 1.29 is 0 Å². The van der Waals surface area contributed by atoms with Crippen LogP contribution in [0, 0.1) is 0 Å². The summed E-state index contributed by atoms with van der Waals surface area (Å²) in [5, 5.41) is 10.1. The van der Waals surface area contributed by atoms with Gasteiger partial charge in [0.1, 0.15) is 12.1 Å². The highest BCUT2D eigenvalue weighted by Gasteiger charge is 2.09. The molecular formula is C20H22N6. The Balaban J connectivity index is 1.64. The average molecular weight is 346 g/mol. The van der Waals surface area contributed by atoms with E-state index in [1.165, 1.54) is 11.1 Å². The molecule has 0 radical (unpaired) electrons. The van der Waals surface area contributed by atoms with Gasteiger partial charge >= 0.3 is 0 Å². The van der Waals surface area contributed by atoms with Gasteiger partial charge in [0.25, 0.3) is 0 Å². The first-order valence-electron chi connectivity index (χ1n) is 8.96. The Morgan fingerprint density at radius 2 is 1.54 bits per heavy atom. The van der Waals surface area contributed by atoms with Crippen molar-refractivity contribution >= 4 is 22.2 Å². The van der Waals surface area contributed by atoms with E-state index in [4.69, 9.17) is 0 Å². The van der Waals surface area contributed by atoms with Gasteiger partial charge in [-0.3, -0.25) is 0 Å². The maximum atomic E-state index is 4.65. The molecule has 0 atom stereocenters. The molecule has 0 spiro atoms. The van der Waals surface area contributed by atoms with E-state index in [9.17, 15) is 0 Å². The third-order valence-electron chi connectivity index (χ3n) is 4.56. The van der Waals surface area contributed by atoms with Gasteiger partial charge in [0.05, 0.1) is 5.69 Å². The van der Waals surface area contributed by atoms with Gasteiger partial charge in [-0.15, -0.1) is 5.10 Å². The van der Waals surface area contributed by atoms with Crippen molar-refractivity contribution in [1.82, 2.24) is 29.9 Å². The summed E-state index contributed by atoms with van der Waals surface area (Å²) >= 11 is 0. The van der Waals surface area contributed by atoms with Gasteiger partial charge in [-0.1, -0.05) is 27.7 Å². The molecule has 6 nitrogen and oxygen atoms in total. The van der Waals surface area contributed by atoms with Crippen LogP contribution in [-0.2, 0) is 6.54 Å². The van der Waals surface area contributed by atoms with E-state index in [1.54, 1.807) is 4.80 Å². The van der Waals surface area contributed by atoms with Crippen molar-refractivity contribution in [3.63, 3.8) is 0 Å². The fraction of sp³-hybridized carbons (Fsp3) is 0.350. The zero-order valence-electron chi connectivity index (χ0n) is 15.5. The van der Waals surface area contributed by atoms with Crippen molar-refractivity contribution in [3.8, 4) is 0 Å². The number of hydrogen-bond acceptors (Lipinski definition) is 5. The van der Waals surface area contributed by atoms with Gasteiger partial charge in [-0.05, 0) is 47.2 Å². The second-order valence-corrected chi connectivity index (χ2v) is 7.27. The van der Waals surface area contributed by atoms with Gasteiger partial charge in [0.2, 0.25) is 5.65 Å². The summed E-state index contributed by atoms with van der Waals surface area (Å²) in [6.07, 6.45) is 3.78. The SMILES string of the molecule is CC(C)c1cnc2nc(Cn3nc4cc(C(C)C)cnc4n3)ccc2c1. The Kier molecular flexibility index (Phi) is 4.11. The Hall–Kier alpha value is -2.89. The average Bonchev–Trinajstić information content (AvgIpc) is 3.02. The molecule has 0 saturated carbocycles. The lowest BCUT2D eigenvalue weighted by Gasteiger charge is -2.06. The van der Waals surface area contributed by atoms with Gasteiger partial charge in [0.15, 0.2) is 5.65 Å². The lowest BCUT2D eigenvalue weighted by atomic mass is 10.0. The topological polar surface area (TPSA) is 69.4 Å². The van der Waals surface area contributed by atoms with E-state index >= 15 is 0 Å². The third kappa shape index (κ3) is 3.14. The molecule has 0 unspecified atom stereocenters. The molecule has 0 saturated heterocycles. The molecule has 0 aliphatic heterocycles. The lowest BCUT2D eigenvalue weighted by Crippen LogP contribution is -2.05. The first-order chi connectivity index (χ1) is 12.5. The zero-order valence-corrected chi connectivity index (χ0v) is 15.5. The van der Waals surface area contributed by atoms with Gasteiger partial charge < -0.3 is 0 Å². The van der Waals surface area contributed by atoms with Crippen LogP contribution in [0.4, 0.5) is 0 Å². The number of hydrogen-bond donors (Lipinski definition) is 0. The van der Waals surface area contributed by atoms with Crippen molar-refractivity contribution in [2.24, 2.45) is 0 Å². The van der Waals surface area contributed by atoms with Crippen molar-refractivity contribution in [3.05, 3.63) is 53.5 Å². The highest BCUT2D eigenvalue weighted by Crippen LogP contribution is 2.19. The summed E-state index contributed by atoms with van der Waals surface area (Å²) in [5.74, 6) is 0.872. The molecule has 0 N–H and O–H groups in total. The number of pyridine rings is 3. The summed E-state index contributed by atoms with van der Waals surface area (Å²) < 4.78 is 0. The Bertz CT molecular complexity index is 1080. The van der Waals surface area contributed by atoms with Gasteiger partial charge in [0, 0.05) is 17.8 Å². The number of nitrogens with zero attached hydrogens (tertiary/aromatic N) is 6. The Morgan fingerprint density at radius 1 is 0.846 bits per heavy atom. The van der Waals surface area contributed by atoms with E-state index in [-0.39, 0.29) is 0 Å². The molecule has 0 aromatic carbocycles. The summed E-state index contributed by atoms with van der Waals surface area (Å²) in [7, 11) is 0. The van der Waals surface area contributed by atoms with E-state index in [0.29, 0.717) is 24.0 Å². The maximum absolute atomic E-state index is 4.65. The minimum Gasteiger partial charge on any atom is -0.236 e. The predicted octanol–water partition coefficient (Wildman–Crippen LogP) is 4.06. The fourth-order valence-corrected chi connectivity index (χ4v) is 2.87. The molecule has 0 amide bonds. The summed E-state index contributed by atoms with van der Waals surface area (Å²) in [4.78, 5) is 15.2. The van der Waals surface area contributed by atoms with Crippen LogP contribution in [0.15, 0.2) is 36.7 Å². The van der Waals surface area contributed by atoms with Crippen LogP contribution >= 0.6 is 0 Å². The highest BCUT2D eigenvalue weighted by atomic mass is 15.5. The molecule has 0 aliphatic rings. The zero-order chi connectivity index (χ0) is 18.3. The molecule has 4 aromatic heterocycles. The number of rotatable bonds is 4. The van der Waals surface area contributed by atoms with E-state index < -0.39 is 0 Å². The third-order valence-corrected chi connectivity index (χ3v) is 4.56. The second kappa shape index (κ2) is 6.44. The molecule has 4 heterocycles. The molecule has 0 aliphatic carbocycles. The Morgan fingerprint density at radius 3 is 2.27 bits per heavy atom. The second-order valence-electron chi connectivity index (χ2n) is 7.27. The lowest BCUT2D eigenvalue weighted by molar-refractivity contribution is 0.590. The van der Waals surface area contributed by atoms with Crippen LogP contribution in [0.2, 0.25) is 0 Å². The van der Waals surface area contributed by atoms with Crippen LogP contribution in [0.3, 0.4) is 0 Å². The van der Waals surface area contributed by atoms with E-state index in [2.05, 4.69) is 71.0 Å². The standard InChI is InChI=1S/C20H22N6/c1-12(2)15-7-14-5-6-17(23-19(14)21-9-15)11-26-24-18-8-16(13(3)4)10-22-20(18)25-26/h5-10,12-13H,11H2,1-4H3. The molecular weight excluding hydrogens is 324 g/mol. The smallest absolute Gasteiger partial charge is 0.201 e. The minimum atomic E-state index is 0.418. The summed E-state index contributed by atoms with van der Waals surface area (Å²) in [6.45, 7) is 9.11. The Labute approximate surface area is 152 Å². The molecule has 0 fully saturated rings. The molecule has 26 heavy (non-hydrogen) atoms. The van der Waals surface area contributed by atoms with Crippen molar-refractivity contribution in [2.75, 3.05) is 0 Å². The van der Waals surface area contributed by atoms with Crippen molar-refractivity contribution in [1.29, 1.82) is 0 Å². The van der Waals surface area contributed by atoms with Gasteiger partial charge in [-0.2, -0.15) is 9.90 Å². The maximum Gasteiger partial charge on any atom is 0.201 e. The first-order valence-corrected chi connectivity index (χ1v) is 8.96. The molecule has 132 valence electrons. The summed E-state index contributed by atoms with van der Waals surface area (Å²) in [6, 6.07) is 8.28. The van der Waals surface area contributed by atoms with Crippen LogP contribution in [0.1, 0.15) is 56.4 Å². The van der Waals surface area contributed by atoms with Crippen LogP contribution in [-0.4, -0.2) is 29.9 Å².